The van der Waals surface area contributed by atoms with Crippen molar-refractivity contribution in [3.8, 4) is 0 Å². The van der Waals surface area contributed by atoms with Crippen LogP contribution in [0.5, 0.6) is 0 Å². The first kappa shape index (κ1) is 12.1. The molecule has 1 aliphatic carbocycles. The molecule has 2 fully saturated rings. The summed E-state index contributed by atoms with van der Waals surface area (Å²) in [7, 11) is 3.78. The standard InChI is InChI=1S/C13H22N4O/c1-17-13(11-7-10(18-2)8-14-11)15-12(16-17)9-5-3-4-6-9/h9-11,14H,3-8H2,1-2H3. The summed E-state index contributed by atoms with van der Waals surface area (Å²) >= 11 is 0. The van der Waals surface area contributed by atoms with E-state index in [-0.39, 0.29) is 0 Å². The lowest BCUT2D eigenvalue weighted by Crippen LogP contribution is -2.18. The van der Waals surface area contributed by atoms with Crippen LogP contribution in [0.4, 0.5) is 0 Å². The molecule has 100 valence electrons. The summed E-state index contributed by atoms with van der Waals surface area (Å²) in [5, 5.41) is 8.08. The van der Waals surface area contributed by atoms with Crippen molar-refractivity contribution in [3.05, 3.63) is 11.6 Å². The minimum atomic E-state index is 0.294. The second-order valence-corrected chi connectivity index (χ2v) is 5.49. The number of ether oxygens (including phenoxy) is 1. The van der Waals surface area contributed by atoms with Gasteiger partial charge in [0.05, 0.1) is 12.1 Å². The van der Waals surface area contributed by atoms with Crippen LogP contribution in [0.15, 0.2) is 0 Å². The number of aromatic nitrogens is 3. The van der Waals surface area contributed by atoms with Crippen LogP contribution in [-0.4, -0.2) is 34.5 Å². The molecule has 0 amide bonds. The summed E-state index contributed by atoms with van der Waals surface area (Å²) < 4.78 is 7.34. The number of hydrogen-bond acceptors (Lipinski definition) is 4. The molecule has 2 atom stereocenters. The monoisotopic (exact) mass is 250 g/mol. The Hall–Kier alpha value is -0.940. The first-order valence-electron chi connectivity index (χ1n) is 6.95. The lowest BCUT2D eigenvalue weighted by atomic mass is 10.1. The maximum Gasteiger partial charge on any atom is 0.154 e. The van der Waals surface area contributed by atoms with Crippen LogP contribution in [0.3, 0.4) is 0 Å². The highest BCUT2D eigenvalue weighted by atomic mass is 16.5. The van der Waals surface area contributed by atoms with Crippen molar-refractivity contribution >= 4 is 0 Å². The lowest BCUT2D eigenvalue weighted by Gasteiger charge is -2.08. The van der Waals surface area contributed by atoms with Gasteiger partial charge in [-0.25, -0.2) is 4.98 Å². The van der Waals surface area contributed by atoms with E-state index in [1.54, 1.807) is 7.11 Å². The molecule has 1 N–H and O–H groups in total. The summed E-state index contributed by atoms with van der Waals surface area (Å²) in [6.45, 7) is 0.910. The summed E-state index contributed by atoms with van der Waals surface area (Å²) in [4.78, 5) is 4.78. The van der Waals surface area contributed by atoms with E-state index in [1.165, 1.54) is 25.7 Å². The number of nitrogens with zero attached hydrogens (tertiary/aromatic N) is 3. The highest BCUT2D eigenvalue weighted by Crippen LogP contribution is 2.33. The number of rotatable bonds is 3. The molecule has 0 spiro atoms. The fourth-order valence-electron chi connectivity index (χ4n) is 3.16. The Morgan fingerprint density at radius 3 is 2.78 bits per heavy atom. The molecule has 0 aromatic carbocycles. The summed E-state index contributed by atoms with van der Waals surface area (Å²) in [6, 6.07) is 0.294. The van der Waals surface area contributed by atoms with E-state index in [0.717, 1.165) is 24.6 Å². The molecule has 1 aromatic heterocycles. The fourth-order valence-corrected chi connectivity index (χ4v) is 3.16. The SMILES string of the molecule is COC1CNC(c2nc(C3CCCC3)nn2C)C1. The van der Waals surface area contributed by atoms with Crippen LogP contribution in [0.2, 0.25) is 0 Å². The molecule has 3 rings (SSSR count). The van der Waals surface area contributed by atoms with E-state index >= 15 is 0 Å². The van der Waals surface area contributed by atoms with Crippen LogP contribution in [0.1, 0.15) is 55.7 Å². The van der Waals surface area contributed by atoms with Gasteiger partial charge in [0, 0.05) is 26.6 Å². The predicted octanol–water partition coefficient (Wildman–Crippen LogP) is 1.52. The summed E-state index contributed by atoms with van der Waals surface area (Å²) in [5.41, 5.74) is 0. The zero-order chi connectivity index (χ0) is 12.5. The first-order valence-corrected chi connectivity index (χ1v) is 6.95. The molecule has 5 nitrogen and oxygen atoms in total. The molecule has 0 radical (unpaired) electrons. The second kappa shape index (κ2) is 4.97. The van der Waals surface area contributed by atoms with Crippen LogP contribution < -0.4 is 5.32 Å². The van der Waals surface area contributed by atoms with Gasteiger partial charge in [0.15, 0.2) is 5.82 Å². The van der Waals surface area contributed by atoms with Crippen molar-refractivity contribution in [3.63, 3.8) is 0 Å². The van der Waals surface area contributed by atoms with Crippen LogP contribution in [-0.2, 0) is 11.8 Å². The van der Waals surface area contributed by atoms with E-state index in [2.05, 4.69) is 10.4 Å². The van der Waals surface area contributed by atoms with Gasteiger partial charge in [-0.15, -0.1) is 0 Å². The normalized spacial score (nSPS) is 29.2. The van der Waals surface area contributed by atoms with Gasteiger partial charge < -0.3 is 10.1 Å². The van der Waals surface area contributed by atoms with Gasteiger partial charge in [-0.2, -0.15) is 5.10 Å². The maximum atomic E-state index is 5.39. The number of methoxy groups -OCH3 is 1. The van der Waals surface area contributed by atoms with E-state index in [4.69, 9.17) is 9.72 Å². The zero-order valence-electron chi connectivity index (χ0n) is 11.2. The van der Waals surface area contributed by atoms with E-state index in [0.29, 0.717) is 18.1 Å². The van der Waals surface area contributed by atoms with Gasteiger partial charge in [0.2, 0.25) is 0 Å². The highest BCUT2D eigenvalue weighted by molar-refractivity contribution is 5.06. The van der Waals surface area contributed by atoms with Crippen molar-refractivity contribution in [2.75, 3.05) is 13.7 Å². The summed E-state index contributed by atoms with van der Waals surface area (Å²) in [6.07, 6.45) is 6.45. The minimum absolute atomic E-state index is 0.294. The third kappa shape index (κ3) is 2.17. The van der Waals surface area contributed by atoms with Crippen LogP contribution in [0.25, 0.3) is 0 Å². The third-order valence-corrected chi connectivity index (χ3v) is 4.27. The Morgan fingerprint density at radius 1 is 1.33 bits per heavy atom. The maximum absolute atomic E-state index is 5.39. The first-order chi connectivity index (χ1) is 8.78. The average molecular weight is 250 g/mol. The molecule has 1 aromatic rings. The Kier molecular flexibility index (Phi) is 3.35. The quantitative estimate of drug-likeness (QED) is 0.883. The van der Waals surface area contributed by atoms with Crippen molar-refractivity contribution < 1.29 is 4.74 Å². The molecule has 2 unspecified atom stereocenters. The van der Waals surface area contributed by atoms with E-state index in [1.807, 2.05) is 11.7 Å². The average Bonchev–Trinajstić information content (AvgIpc) is 3.08. The zero-order valence-corrected chi connectivity index (χ0v) is 11.2. The Balaban J connectivity index is 1.76. The Labute approximate surface area is 108 Å². The molecule has 0 bridgehead atoms. The van der Waals surface area contributed by atoms with Crippen LogP contribution >= 0.6 is 0 Å². The van der Waals surface area contributed by atoms with Gasteiger partial charge >= 0.3 is 0 Å². The molecule has 5 heteroatoms. The Bertz CT molecular complexity index is 411. The van der Waals surface area contributed by atoms with Gasteiger partial charge in [-0.3, -0.25) is 4.68 Å². The highest BCUT2D eigenvalue weighted by Gasteiger charge is 2.30. The van der Waals surface area contributed by atoms with Crippen molar-refractivity contribution in [2.24, 2.45) is 7.05 Å². The van der Waals surface area contributed by atoms with Crippen LogP contribution in [0, 0.1) is 0 Å². The molecule has 2 aliphatic rings. The second-order valence-electron chi connectivity index (χ2n) is 5.49. The van der Waals surface area contributed by atoms with Gasteiger partial charge in [0.25, 0.3) is 0 Å². The van der Waals surface area contributed by atoms with Gasteiger partial charge in [-0.05, 0) is 19.3 Å². The van der Waals surface area contributed by atoms with Crippen molar-refractivity contribution in [2.45, 2.75) is 50.2 Å². The lowest BCUT2D eigenvalue weighted by molar-refractivity contribution is 0.117. The van der Waals surface area contributed by atoms with E-state index in [9.17, 15) is 0 Å². The summed E-state index contributed by atoms with van der Waals surface area (Å²) in [5.74, 6) is 2.70. The molecule has 18 heavy (non-hydrogen) atoms. The van der Waals surface area contributed by atoms with Gasteiger partial charge in [0.1, 0.15) is 5.82 Å². The van der Waals surface area contributed by atoms with Crippen molar-refractivity contribution in [1.82, 2.24) is 20.1 Å². The Morgan fingerprint density at radius 2 is 2.11 bits per heavy atom. The van der Waals surface area contributed by atoms with Gasteiger partial charge in [-0.1, -0.05) is 12.8 Å². The smallest absolute Gasteiger partial charge is 0.154 e. The number of hydrogen-bond donors (Lipinski definition) is 1. The molecule has 1 saturated heterocycles. The molecule has 1 saturated carbocycles. The molecular weight excluding hydrogens is 228 g/mol. The number of aryl methyl sites for hydroxylation is 1. The largest absolute Gasteiger partial charge is 0.380 e. The predicted molar refractivity (Wildman–Crippen MR) is 68.4 cm³/mol. The molecule has 1 aliphatic heterocycles. The third-order valence-electron chi connectivity index (χ3n) is 4.27. The fraction of sp³-hybridized carbons (Fsp3) is 0.846. The molecular formula is C13H22N4O. The van der Waals surface area contributed by atoms with Crippen molar-refractivity contribution in [1.29, 1.82) is 0 Å². The topological polar surface area (TPSA) is 52.0 Å². The molecule has 2 heterocycles. The minimum Gasteiger partial charge on any atom is -0.380 e. The van der Waals surface area contributed by atoms with E-state index < -0.39 is 0 Å². The number of nitrogens with one attached hydrogen (secondary N) is 1.